The van der Waals surface area contributed by atoms with Gasteiger partial charge in [0.15, 0.2) is 0 Å². The van der Waals surface area contributed by atoms with Crippen LogP contribution < -0.4 is 0 Å². The van der Waals surface area contributed by atoms with Crippen LogP contribution in [-0.4, -0.2) is 16.1 Å². The van der Waals surface area contributed by atoms with Crippen LogP contribution in [0.4, 0.5) is 0 Å². The van der Waals surface area contributed by atoms with Crippen molar-refractivity contribution in [2.24, 2.45) is 5.92 Å². The average Bonchev–Trinajstić information content (AvgIpc) is 3.30. The molecule has 1 aliphatic rings. The number of nitrogens with one attached hydrogen (secondary N) is 1. The third-order valence-electron chi connectivity index (χ3n) is 5.54. The van der Waals surface area contributed by atoms with Crippen molar-refractivity contribution in [2.45, 2.75) is 38.0 Å². The second-order valence-electron chi connectivity index (χ2n) is 7.18. The van der Waals surface area contributed by atoms with Crippen molar-refractivity contribution in [3.8, 4) is 11.1 Å². The molecule has 2 N–H and O–H groups in total. The number of carbonyl (C=O) groups is 1. The first-order valence-electron chi connectivity index (χ1n) is 9.11. The first-order chi connectivity index (χ1) is 12.2. The summed E-state index contributed by atoms with van der Waals surface area (Å²) < 4.78 is 0. The number of H-pyrrole nitrogens is 1. The SMILES string of the molecule is O=C(O)C(CC1CCCC1)c1ccc(-c2ccc3[nH]ccc3c2)cc1. The number of fused-ring (bicyclic) bond motifs is 1. The molecular weight excluding hydrogens is 310 g/mol. The molecule has 0 radical (unpaired) electrons. The second-order valence-corrected chi connectivity index (χ2v) is 7.18. The van der Waals surface area contributed by atoms with Gasteiger partial charge in [0, 0.05) is 11.7 Å². The fourth-order valence-electron chi connectivity index (χ4n) is 4.10. The van der Waals surface area contributed by atoms with Crippen molar-refractivity contribution in [1.82, 2.24) is 4.98 Å². The Bertz CT molecular complexity index is 872. The van der Waals surface area contributed by atoms with Crippen molar-refractivity contribution in [1.29, 1.82) is 0 Å². The van der Waals surface area contributed by atoms with Gasteiger partial charge in [-0.1, -0.05) is 56.0 Å². The highest BCUT2D eigenvalue weighted by Crippen LogP contribution is 2.35. The van der Waals surface area contributed by atoms with E-state index in [4.69, 9.17) is 0 Å². The number of benzene rings is 2. The zero-order valence-corrected chi connectivity index (χ0v) is 14.2. The van der Waals surface area contributed by atoms with Crippen molar-refractivity contribution in [3.63, 3.8) is 0 Å². The largest absolute Gasteiger partial charge is 0.481 e. The maximum atomic E-state index is 11.8. The van der Waals surface area contributed by atoms with E-state index in [1.165, 1.54) is 31.1 Å². The van der Waals surface area contributed by atoms with Gasteiger partial charge < -0.3 is 10.1 Å². The number of carboxylic acid groups (broad SMARTS) is 1. The minimum absolute atomic E-state index is 0.385. The van der Waals surface area contributed by atoms with E-state index in [1.807, 2.05) is 30.5 Å². The standard InChI is InChI=1S/C22H23NO2/c24-22(25)20(13-15-3-1-2-4-15)17-7-5-16(6-8-17)18-9-10-21-19(14-18)11-12-23-21/h5-12,14-15,20,23H,1-4,13H2,(H,24,25). The molecule has 0 spiro atoms. The van der Waals surface area contributed by atoms with Crippen LogP contribution in [0.15, 0.2) is 54.7 Å². The Kier molecular flexibility index (Phi) is 4.31. The summed E-state index contributed by atoms with van der Waals surface area (Å²) in [5, 5.41) is 10.9. The minimum Gasteiger partial charge on any atom is -0.481 e. The molecule has 1 fully saturated rings. The predicted octanol–water partition coefficient (Wildman–Crippen LogP) is 5.58. The predicted molar refractivity (Wildman–Crippen MR) is 101 cm³/mol. The van der Waals surface area contributed by atoms with E-state index >= 15 is 0 Å². The van der Waals surface area contributed by atoms with E-state index < -0.39 is 5.97 Å². The smallest absolute Gasteiger partial charge is 0.310 e. The third-order valence-corrected chi connectivity index (χ3v) is 5.54. The topological polar surface area (TPSA) is 53.1 Å². The van der Waals surface area contributed by atoms with Crippen LogP contribution in [0, 0.1) is 5.92 Å². The van der Waals surface area contributed by atoms with E-state index in [-0.39, 0.29) is 5.92 Å². The van der Waals surface area contributed by atoms with E-state index in [1.54, 1.807) is 0 Å². The van der Waals surface area contributed by atoms with Crippen LogP contribution in [0.1, 0.15) is 43.6 Å². The number of hydrogen-bond donors (Lipinski definition) is 2. The monoisotopic (exact) mass is 333 g/mol. The Morgan fingerprint density at radius 1 is 1.04 bits per heavy atom. The molecule has 3 heteroatoms. The van der Waals surface area contributed by atoms with E-state index in [9.17, 15) is 9.90 Å². The summed E-state index contributed by atoms with van der Waals surface area (Å²) >= 11 is 0. The number of aromatic amines is 1. The highest BCUT2D eigenvalue weighted by Gasteiger charge is 2.26. The molecule has 1 aromatic heterocycles. The lowest BCUT2D eigenvalue weighted by atomic mass is 9.87. The van der Waals surface area contributed by atoms with Crippen LogP contribution in [0.3, 0.4) is 0 Å². The van der Waals surface area contributed by atoms with Gasteiger partial charge in [0.25, 0.3) is 0 Å². The molecule has 2 aromatic carbocycles. The van der Waals surface area contributed by atoms with Crippen molar-refractivity contribution >= 4 is 16.9 Å². The molecule has 25 heavy (non-hydrogen) atoms. The van der Waals surface area contributed by atoms with Gasteiger partial charge in [-0.2, -0.15) is 0 Å². The van der Waals surface area contributed by atoms with E-state index in [0.29, 0.717) is 5.92 Å². The molecule has 1 atom stereocenters. The first-order valence-corrected chi connectivity index (χ1v) is 9.11. The van der Waals surface area contributed by atoms with Crippen LogP contribution in [0.25, 0.3) is 22.0 Å². The Morgan fingerprint density at radius 2 is 1.76 bits per heavy atom. The quantitative estimate of drug-likeness (QED) is 0.640. The maximum Gasteiger partial charge on any atom is 0.310 e. The van der Waals surface area contributed by atoms with Crippen molar-refractivity contribution < 1.29 is 9.90 Å². The van der Waals surface area contributed by atoms with Gasteiger partial charge in [-0.3, -0.25) is 4.79 Å². The normalized spacial score (nSPS) is 16.3. The molecule has 3 aromatic rings. The van der Waals surface area contributed by atoms with Crippen LogP contribution >= 0.6 is 0 Å². The Labute approximate surface area is 147 Å². The number of aliphatic carboxylic acids is 1. The molecular formula is C22H23NO2. The van der Waals surface area contributed by atoms with Crippen LogP contribution in [0.5, 0.6) is 0 Å². The summed E-state index contributed by atoms with van der Waals surface area (Å²) in [4.78, 5) is 15.0. The van der Waals surface area contributed by atoms with Gasteiger partial charge in [-0.15, -0.1) is 0 Å². The molecule has 0 saturated heterocycles. The summed E-state index contributed by atoms with van der Waals surface area (Å²) in [5.41, 5.74) is 4.33. The third kappa shape index (κ3) is 3.32. The first kappa shape index (κ1) is 15.9. The highest BCUT2D eigenvalue weighted by molar-refractivity contribution is 5.85. The molecule has 1 aliphatic carbocycles. The van der Waals surface area contributed by atoms with Gasteiger partial charge in [0.2, 0.25) is 0 Å². The lowest BCUT2D eigenvalue weighted by Crippen LogP contribution is -2.15. The number of hydrogen-bond acceptors (Lipinski definition) is 1. The summed E-state index contributed by atoms with van der Waals surface area (Å²) in [6, 6.07) is 16.5. The molecule has 0 amide bonds. The Morgan fingerprint density at radius 3 is 2.48 bits per heavy atom. The molecule has 1 heterocycles. The van der Waals surface area contributed by atoms with Gasteiger partial charge in [0.05, 0.1) is 5.92 Å². The van der Waals surface area contributed by atoms with Gasteiger partial charge in [-0.25, -0.2) is 0 Å². The highest BCUT2D eigenvalue weighted by atomic mass is 16.4. The van der Waals surface area contributed by atoms with E-state index in [0.717, 1.165) is 28.6 Å². The Balaban J connectivity index is 1.57. The van der Waals surface area contributed by atoms with E-state index in [2.05, 4.69) is 29.2 Å². The number of rotatable bonds is 5. The zero-order chi connectivity index (χ0) is 17.2. The zero-order valence-electron chi connectivity index (χ0n) is 14.2. The summed E-state index contributed by atoms with van der Waals surface area (Å²) in [7, 11) is 0. The van der Waals surface area contributed by atoms with Crippen molar-refractivity contribution in [2.75, 3.05) is 0 Å². The fraction of sp³-hybridized carbons (Fsp3) is 0.318. The number of aromatic nitrogens is 1. The van der Waals surface area contributed by atoms with Crippen LogP contribution in [-0.2, 0) is 4.79 Å². The van der Waals surface area contributed by atoms with Crippen LogP contribution in [0.2, 0.25) is 0 Å². The molecule has 4 rings (SSSR count). The fourth-order valence-corrected chi connectivity index (χ4v) is 4.10. The molecule has 0 bridgehead atoms. The van der Waals surface area contributed by atoms with Crippen molar-refractivity contribution in [3.05, 3.63) is 60.3 Å². The summed E-state index contributed by atoms with van der Waals surface area (Å²) in [6.07, 6.45) is 7.56. The number of carboxylic acids is 1. The average molecular weight is 333 g/mol. The molecule has 1 unspecified atom stereocenters. The summed E-state index contributed by atoms with van der Waals surface area (Å²) in [5.74, 6) is -0.519. The summed E-state index contributed by atoms with van der Waals surface area (Å²) in [6.45, 7) is 0. The molecule has 128 valence electrons. The Hall–Kier alpha value is -2.55. The molecule has 1 saturated carbocycles. The molecule has 3 nitrogen and oxygen atoms in total. The molecule has 0 aliphatic heterocycles. The second kappa shape index (κ2) is 6.75. The van der Waals surface area contributed by atoms with Gasteiger partial charge in [0.1, 0.15) is 0 Å². The lowest BCUT2D eigenvalue weighted by molar-refractivity contribution is -0.139. The lowest BCUT2D eigenvalue weighted by Gasteiger charge is -2.17. The minimum atomic E-state index is -0.701. The van der Waals surface area contributed by atoms with Gasteiger partial charge >= 0.3 is 5.97 Å². The van der Waals surface area contributed by atoms with Gasteiger partial charge in [-0.05, 0) is 52.6 Å². The maximum absolute atomic E-state index is 11.8.